The first-order valence-corrected chi connectivity index (χ1v) is 12.2. The zero-order valence-corrected chi connectivity index (χ0v) is 20.3. The van der Waals surface area contributed by atoms with Crippen molar-refractivity contribution in [3.05, 3.63) is 70.9 Å². The minimum absolute atomic E-state index is 0.0513. The number of nitrogens with two attached hydrogens (primary N) is 2. The summed E-state index contributed by atoms with van der Waals surface area (Å²) in [6, 6.07) is 5.00. The largest absolute Gasteiger partial charge is 0.397 e. The van der Waals surface area contributed by atoms with E-state index in [0.717, 1.165) is 43.0 Å². The average Bonchev–Trinajstić information content (AvgIpc) is 2.78. The lowest BCUT2D eigenvalue weighted by Gasteiger charge is -2.32. The van der Waals surface area contributed by atoms with Crippen LogP contribution in [0.5, 0.6) is 0 Å². The summed E-state index contributed by atoms with van der Waals surface area (Å²) >= 11 is 0. The number of rotatable bonds is 5. The summed E-state index contributed by atoms with van der Waals surface area (Å²) in [6.45, 7) is 2.86. The number of ether oxygens (including phenoxy) is 1. The van der Waals surface area contributed by atoms with Crippen LogP contribution < -0.4 is 16.8 Å². The van der Waals surface area contributed by atoms with Crippen LogP contribution in [0.3, 0.4) is 0 Å². The predicted molar refractivity (Wildman–Crippen MR) is 133 cm³/mol. The summed E-state index contributed by atoms with van der Waals surface area (Å²) in [5.41, 5.74) is 12.0. The number of hydrogen-bond acceptors (Lipinski definition) is 6. The van der Waals surface area contributed by atoms with E-state index in [0.29, 0.717) is 30.4 Å². The molecule has 1 aliphatic heterocycles. The number of pyridine rings is 2. The predicted octanol–water partition coefficient (Wildman–Crippen LogP) is 4.74. The monoisotopic (exact) mass is 511 g/mol. The highest BCUT2D eigenvalue weighted by molar-refractivity contribution is 6.07. The van der Waals surface area contributed by atoms with Gasteiger partial charge in [0.25, 0.3) is 5.91 Å². The van der Waals surface area contributed by atoms with Crippen molar-refractivity contribution in [1.82, 2.24) is 9.97 Å². The lowest BCUT2D eigenvalue weighted by molar-refractivity contribution is 0.00822. The quantitative estimate of drug-likeness (QED) is 0.456. The average molecular weight is 512 g/mol. The van der Waals surface area contributed by atoms with E-state index >= 15 is 0 Å². The number of carbonyl (C=O) groups is 1. The third-order valence-electron chi connectivity index (χ3n) is 7.15. The minimum atomic E-state index is -1.04. The van der Waals surface area contributed by atoms with Crippen LogP contribution in [-0.2, 0) is 4.74 Å². The molecular formula is C27H28F3N5O2. The van der Waals surface area contributed by atoms with Crippen molar-refractivity contribution < 1.29 is 22.7 Å². The van der Waals surface area contributed by atoms with Crippen molar-refractivity contribution in [2.24, 2.45) is 11.7 Å². The highest BCUT2D eigenvalue weighted by Crippen LogP contribution is 2.39. The van der Waals surface area contributed by atoms with Crippen molar-refractivity contribution >= 4 is 17.3 Å². The van der Waals surface area contributed by atoms with Crippen molar-refractivity contribution in [2.45, 2.75) is 44.1 Å². The van der Waals surface area contributed by atoms with Crippen LogP contribution in [0.4, 0.5) is 24.5 Å². The van der Waals surface area contributed by atoms with Gasteiger partial charge in [0, 0.05) is 24.2 Å². The van der Waals surface area contributed by atoms with Crippen LogP contribution >= 0.6 is 0 Å². The number of amides is 1. The Bertz CT molecular complexity index is 1310. The van der Waals surface area contributed by atoms with Gasteiger partial charge in [0.15, 0.2) is 11.5 Å². The van der Waals surface area contributed by atoms with Gasteiger partial charge in [0.2, 0.25) is 0 Å². The highest BCUT2D eigenvalue weighted by Gasteiger charge is 2.29. The van der Waals surface area contributed by atoms with Crippen molar-refractivity contribution in [1.29, 1.82) is 0 Å². The number of anilines is 2. The molecule has 5 N–H and O–H groups in total. The molecule has 10 heteroatoms. The fraction of sp³-hybridized carbons (Fsp3) is 0.370. The van der Waals surface area contributed by atoms with E-state index in [1.54, 1.807) is 6.20 Å². The molecule has 3 atom stereocenters. The lowest BCUT2D eigenvalue weighted by Crippen LogP contribution is -2.31. The molecule has 3 aromatic rings. The molecule has 1 saturated heterocycles. The smallest absolute Gasteiger partial charge is 0.276 e. The first-order chi connectivity index (χ1) is 17.7. The maximum absolute atomic E-state index is 15.0. The van der Waals surface area contributed by atoms with Crippen molar-refractivity contribution in [2.75, 3.05) is 24.3 Å². The standard InChI is InChI=1S/C27H28F3N5O2/c1-13-4-15(6-17(31)5-13)18-2-3-33-10-23(18)34-27(36)26-22(32)9-21(30)25(35-26)24-19(28)7-14(8-20(24)29)16-11-37-12-16/h2-3,7-10,13,15-17H,4-6,11-12,31-32H2,1H3,(H,34,36)/t13-,15+,17-/m0/s1. The summed E-state index contributed by atoms with van der Waals surface area (Å²) in [5, 5.41) is 2.75. The topological polar surface area (TPSA) is 116 Å². The molecule has 2 fully saturated rings. The van der Waals surface area contributed by atoms with Gasteiger partial charge in [-0.25, -0.2) is 18.2 Å². The molecule has 1 amide bonds. The summed E-state index contributed by atoms with van der Waals surface area (Å²) in [7, 11) is 0. The van der Waals surface area contributed by atoms with Gasteiger partial charge in [-0.2, -0.15) is 0 Å². The second kappa shape index (κ2) is 10.1. The molecular weight excluding hydrogens is 483 g/mol. The number of nitrogen functional groups attached to an aromatic ring is 1. The van der Waals surface area contributed by atoms with E-state index in [2.05, 4.69) is 22.2 Å². The molecule has 37 heavy (non-hydrogen) atoms. The van der Waals surface area contributed by atoms with Gasteiger partial charge in [-0.1, -0.05) is 6.92 Å². The molecule has 0 radical (unpaired) electrons. The molecule has 1 saturated carbocycles. The van der Waals surface area contributed by atoms with Crippen LogP contribution in [0, 0.1) is 23.4 Å². The normalized spacial score (nSPS) is 21.9. The Hall–Kier alpha value is -3.50. The van der Waals surface area contributed by atoms with Crippen molar-refractivity contribution in [3.8, 4) is 11.3 Å². The summed E-state index contributed by atoms with van der Waals surface area (Å²) in [5.74, 6) is -3.34. The van der Waals surface area contributed by atoms with Gasteiger partial charge >= 0.3 is 0 Å². The molecule has 0 spiro atoms. The van der Waals surface area contributed by atoms with Crippen molar-refractivity contribution in [3.63, 3.8) is 0 Å². The Kier molecular flexibility index (Phi) is 6.87. The van der Waals surface area contributed by atoms with E-state index in [-0.39, 0.29) is 29.3 Å². The fourth-order valence-corrected chi connectivity index (χ4v) is 5.30. The van der Waals surface area contributed by atoms with E-state index in [1.807, 2.05) is 6.07 Å². The zero-order chi connectivity index (χ0) is 26.3. The van der Waals surface area contributed by atoms with Gasteiger partial charge in [0.1, 0.15) is 17.3 Å². The first kappa shape index (κ1) is 25.2. The summed E-state index contributed by atoms with van der Waals surface area (Å²) < 4.78 is 49.8. The number of aromatic nitrogens is 2. The highest BCUT2D eigenvalue weighted by atomic mass is 19.1. The van der Waals surface area contributed by atoms with Gasteiger partial charge in [-0.3, -0.25) is 9.78 Å². The van der Waals surface area contributed by atoms with E-state index < -0.39 is 34.6 Å². The number of nitrogens with one attached hydrogen (secondary N) is 1. The maximum atomic E-state index is 15.0. The molecule has 2 aromatic heterocycles. The van der Waals surface area contributed by atoms with Gasteiger partial charge in [0.05, 0.1) is 36.3 Å². The van der Waals surface area contributed by atoms with Gasteiger partial charge in [-0.05, 0) is 60.4 Å². The number of benzene rings is 1. The van der Waals surface area contributed by atoms with Crippen LogP contribution in [0.15, 0.2) is 36.7 Å². The fourth-order valence-electron chi connectivity index (χ4n) is 5.30. The maximum Gasteiger partial charge on any atom is 0.276 e. The number of halogens is 3. The van der Waals surface area contributed by atoms with Gasteiger partial charge in [-0.15, -0.1) is 0 Å². The first-order valence-electron chi connectivity index (χ1n) is 12.2. The third kappa shape index (κ3) is 5.03. The van der Waals surface area contributed by atoms with E-state index in [9.17, 15) is 18.0 Å². The summed E-state index contributed by atoms with van der Waals surface area (Å²) in [4.78, 5) is 21.3. The minimum Gasteiger partial charge on any atom is -0.397 e. The number of carbonyl (C=O) groups excluding carboxylic acids is 1. The molecule has 7 nitrogen and oxygen atoms in total. The lowest BCUT2D eigenvalue weighted by atomic mass is 9.76. The van der Waals surface area contributed by atoms with Crippen LogP contribution in [0.25, 0.3) is 11.3 Å². The van der Waals surface area contributed by atoms with Crippen LogP contribution in [0.2, 0.25) is 0 Å². The molecule has 2 aliphatic rings. The second-order valence-corrected chi connectivity index (χ2v) is 10.0. The molecule has 5 rings (SSSR count). The Balaban J connectivity index is 1.46. The Morgan fingerprint density at radius 2 is 1.78 bits per heavy atom. The SMILES string of the molecule is C[C@@H]1C[C@H](N)C[C@H](c2ccncc2NC(=O)c2nc(-c3c(F)cc(C4COC4)cc3F)c(F)cc2N)C1. The zero-order valence-electron chi connectivity index (χ0n) is 20.3. The molecule has 3 heterocycles. The van der Waals surface area contributed by atoms with E-state index in [1.165, 1.54) is 6.20 Å². The Morgan fingerprint density at radius 1 is 1.05 bits per heavy atom. The molecule has 0 bridgehead atoms. The third-order valence-corrected chi connectivity index (χ3v) is 7.15. The molecule has 1 aromatic carbocycles. The summed E-state index contributed by atoms with van der Waals surface area (Å²) in [6.07, 6.45) is 5.76. The number of nitrogens with zero attached hydrogens (tertiary/aromatic N) is 2. The Morgan fingerprint density at radius 3 is 2.43 bits per heavy atom. The van der Waals surface area contributed by atoms with Crippen LogP contribution in [-0.4, -0.2) is 35.1 Å². The van der Waals surface area contributed by atoms with Crippen LogP contribution in [0.1, 0.15) is 59.6 Å². The van der Waals surface area contributed by atoms with E-state index in [4.69, 9.17) is 16.2 Å². The molecule has 0 unspecified atom stereocenters. The second-order valence-electron chi connectivity index (χ2n) is 10.0. The molecule has 194 valence electrons. The number of hydrogen-bond donors (Lipinski definition) is 3. The Labute approximate surface area is 212 Å². The molecule has 1 aliphatic carbocycles. The van der Waals surface area contributed by atoms with Gasteiger partial charge < -0.3 is 21.5 Å².